The number of nitrogens with one attached hydrogen (secondary N) is 1. The first-order valence-electron chi connectivity index (χ1n) is 6.35. The van der Waals surface area contributed by atoms with Crippen LogP contribution in [0, 0.1) is 0 Å². The molecule has 1 aromatic carbocycles. The van der Waals surface area contributed by atoms with Crippen molar-refractivity contribution in [3.63, 3.8) is 0 Å². The molecule has 0 saturated heterocycles. The van der Waals surface area contributed by atoms with Crippen molar-refractivity contribution in [1.29, 1.82) is 0 Å². The highest BCUT2D eigenvalue weighted by Crippen LogP contribution is 2.27. The molecule has 0 fully saturated rings. The van der Waals surface area contributed by atoms with Crippen LogP contribution < -0.4 is 15.4 Å². The topological polar surface area (TPSA) is 108 Å². The molecular formula is C14H9FN4O4. The van der Waals surface area contributed by atoms with E-state index in [4.69, 9.17) is 9.84 Å². The third-order valence-corrected chi connectivity index (χ3v) is 2.90. The zero-order chi connectivity index (χ0) is 16.4. The van der Waals surface area contributed by atoms with Crippen LogP contribution in [0.15, 0.2) is 47.5 Å². The van der Waals surface area contributed by atoms with Gasteiger partial charge in [0.05, 0.1) is 11.9 Å². The number of nitrogens with zero attached hydrogens (tertiary/aromatic N) is 3. The maximum atomic E-state index is 13.2. The Morgan fingerprint density at radius 2 is 1.96 bits per heavy atom. The van der Waals surface area contributed by atoms with Crippen molar-refractivity contribution in [3.05, 3.63) is 53.1 Å². The fourth-order valence-corrected chi connectivity index (χ4v) is 1.89. The molecule has 23 heavy (non-hydrogen) atoms. The van der Waals surface area contributed by atoms with E-state index in [1.54, 1.807) is 0 Å². The summed E-state index contributed by atoms with van der Waals surface area (Å²) in [7, 11) is 0. The summed E-state index contributed by atoms with van der Waals surface area (Å²) in [5.74, 6) is 0.632. The van der Waals surface area contributed by atoms with Gasteiger partial charge in [-0.2, -0.15) is 0 Å². The Kier molecular flexibility index (Phi) is 3.59. The number of aromatic nitrogens is 3. The SMILES string of the molecule is O=C(O)N(F)c1ccc(Oc2ccnc3ncc(=O)[nH]c23)cc1. The van der Waals surface area contributed by atoms with Gasteiger partial charge in [-0.05, 0) is 24.3 Å². The van der Waals surface area contributed by atoms with Crippen molar-refractivity contribution in [1.82, 2.24) is 15.0 Å². The summed E-state index contributed by atoms with van der Waals surface area (Å²) in [6.45, 7) is 0. The number of benzene rings is 1. The van der Waals surface area contributed by atoms with Crippen molar-refractivity contribution in [2.45, 2.75) is 0 Å². The minimum absolute atomic E-state index is 0.153. The molecule has 0 aliphatic carbocycles. The number of ether oxygens (including phenoxy) is 1. The quantitative estimate of drug-likeness (QED) is 0.719. The Morgan fingerprint density at radius 3 is 2.65 bits per heavy atom. The number of amides is 1. The molecule has 0 atom stereocenters. The molecule has 0 spiro atoms. The third kappa shape index (κ3) is 2.93. The normalized spacial score (nSPS) is 10.5. The average Bonchev–Trinajstić information content (AvgIpc) is 2.55. The molecule has 0 aliphatic rings. The van der Waals surface area contributed by atoms with Crippen LogP contribution in [-0.4, -0.2) is 26.2 Å². The van der Waals surface area contributed by atoms with E-state index in [9.17, 15) is 14.1 Å². The molecular weight excluding hydrogens is 307 g/mol. The number of pyridine rings is 1. The molecule has 0 aliphatic heterocycles. The molecule has 2 aromatic heterocycles. The average molecular weight is 316 g/mol. The van der Waals surface area contributed by atoms with E-state index in [-0.39, 0.29) is 5.69 Å². The number of rotatable bonds is 3. The van der Waals surface area contributed by atoms with Gasteiger partial charge < -0.3 is 14.8 Å². The number of aromatic amines is 1. The minimum Gasteiger partial charge on any atom is -0.463 e. The number of carboxylic acid groups (broad SMARTS) is 1. The summed E-state index contributed by atoms with van der Waals surface area (Å²) in [6, 6.07) is 6.81. The standard InChI is InChI=1S/C14H9FN4O4/c15-19(14(21)22)8-1-3-9(4-2-8)23-10-5-6-16-13-12(10)18-11(20)7-17-13/h1-7H,(H,18,20)(H,21,22). The zero-order valence-corrected chi connectivity index (χ0v) is 11.4. The first kappa shape index (κ1) is 14.4. The lowest BCUT2D eigenvalue weighted by Crippen LogP contribution is -2.18. The number of hydrogen-bond donors (Lipinski definition) is 2. The second-order valence-electron chi connectivity index (χ2n) is 4.41. The van der Waals surface area contributed by atoms with Crippen LogP contribution in [0.2, 0.25) is 0 Å². The second kappa shape index (κ2) is 5.72. The zero-order valence-electron chi connectivity index (χ0n) is 11.4. The number of hydrogen-bond acceptors (Lipinski definition) is 5. The largest absolute Gasteiger partial charge is 0.463 e. The van der Waals surface area contributed by atoms with Crippen LogP contribution in [0.1, 0.15) is 0 Å². The van der Waals surface area contributed by atoms with Crippen molar-refractivity contribution >= 4 is 22.9 Å². The summed E-state index contributed by atoms with van der Waals surface area (Å²) >= 11 is 0. The van der Waals surface area contributed by atoms with Gasteiger partial charge in [0.15, 0.2) is 11.4 Å². The van der Waals surface area contributed by atoms with E-state index in [1.165, 1.54) is 36.5 Å². The van der Waals surface area contributed by atoms with E-state index in [1.807, 2.05) is 0 Å². The molecule has 3 rings (SSSR count). The molecule has 2 heterocycles. The van der Waals surface area contributed by atoms with Gasteiger partial charge in [0.25, 0.3) is 5.56 Å². The van der Waals surface area contributed by atoms with Gasteiger partial charge in [0.1, 0.15) is 11.3 Å². The number of anilines is 1. The molecule has 0 unspecified atom stereocenters. The van der Waals surface area contributed by atoms with E-state index in [0.717, 1.165) is 6.20 Å². The Bertz CT molecular complexity index is 926. The van der Waals surface area contributed by atoms with E-state index in [0.29, 0.717) is 22.7 Å². The van der Waals surface area contributed by atoms with E-state index < -0.39 is 16.8 Å². The second-order valence-corrected chi connectivity index (χ2v) is 4.41. The van der Waals surface area contributed by atoms with Crippen LogP contribution in [0.4, 0.5) is 15.0 Å². The van der Waals surface area contributed by atoms with Gasteiger partial charge in [-0.3, -0.25) is 4.79 Å². The van der Waals surface area contributed by atoms with Gasteiger partial charge >= 0.3 is 6.09 Å². The number of halogens is 1. The molecule has 0 radical (unpaired) electrons. The highest BCUT2D eigenvalue weighted by molar-refractivity contribution is 5.83. The summed E-state index contributed by atoms with van der Waals surface area (Å²) < 4.78 is 18.8. The molecule has 1 amide bonds. The summed E-state index contributed by atoms with van der Waals surface area (Å²) in [6.07, 6.45) is 0.850. The minimum atomic E-state index is -1.72. The van der Waals surface area contributed by atoms with Crippen molar-refractivity contribution in [3.8, 4) is 11.5 Å². The van der Waals surface area contributed by atoms with Crippen LogP contribution in [0.25, 0.3) is 11.2 Å². The van der Waals surface area contributed by atoms with E-state index in [2.05, 4.69) is 15.0 Å². The van der Waals surface area contributed by atoms with Crippen LogP contribution in [0.3, 0.4) is 0 Å². The maximum Gasteiger partial charge on any atom is 0.440 e. The van der Waals surface area contributed by atoms with Crippen molar-refractivity contribution in [2.24, 2.45) is 0 Å². The number of H-pyrrole nitrogens is 1. The fraction of sp³-hybridized carbons (Fsp3) is 0. The lowest BCUT2D eigenvalue weighted by Gasteiger charge is -2.10. The summed E-state index contributed by atoms with van der Waals surface area (Å²) in [5.41, 5.74) is 0.0704. The van der Waals surface area contributed by atoms with Gasteiger partial charge in [-0.25, -0.2) is 14.8 Å². The van der Waals surface area contributed by atoms with Gasteiger partial charge in [-0.1, -0.05) is 4.48 Å². The van der Waals surface area contributed by atoms with Crippen LogP contribution in [-0.2, 0) is 0 Å². The van der Waals surface area contributed by atoms with Gasteiger partial charge in [0, 0.05) is 12.3 Å². The number of carbonyl (C=O) groups is 1. The lowest BCUT2D eigenvalue weighted by molar-refractivity contribution is 0.186. The van der Waals surface area contributed by atoms with E-state index >= 15 is 0 Å². The molecule has 8 nitrogen and oxygen atoms in total. The van der Waals surface area contributed by atoms with Gasteiger partial charge in [-0.15, -0.1) is 5.12 Å². The first-order valence-corrected chi connectivity index (χ1v) is 6.35. The van der Waals surface area contributed by atoms with Crippen molar-refractivity contribution in [2.75, 3.05) is 5.12 Å². The monoisotopic (exact) mass is 316 g/mol. The number of fused-ring (bicyclic) bond motifs is 1. The smallest absolute Gasteiger partial charge is 0.440 e. The fourth-order valence-electron chi connectivity index (χ4n) is 1.89. The first-order chi connectivity index (χ1) is 11.0. The molecule has 0 saturated carbocycles. The Labute approximate surface area is 127 Å². The Hall–Kier alpha value is -3.49. The Morgan fingerprint density at radius 1 is 1.22 bits per heavy atom. The molecule has 2 N–H and O–H groups in total. The highest BCUT2D eigenvalue weighted by atomic mass is 19.2. The summed E-state index contributed by atoms with van der Waals surface area (Å²) in [5, 5.41) is 8.15. The predicted octanol–water partition coefficient (Wildman–Crippen LogP) is 2.48. The third-order valence-electron chi connectivity index (χ3n) is 2.90. The molecule has 3 aromatic rings. The molecule has 116 valence electrons. The van der Waals surface area contributed by atoms with Crippen LogP contribution in [0.5, 0.6) is 11.5 Å². The highest BCUT2D eigenvalue weighted by Gasteiger charge is 2.13. The van der Waals surface area contributed by atoms with Crippen LogP contribution >= 0.6 is 0 Å². The Balaban J connectivity index is 1.92. The molecule has 9 heteroatoms. The van der Waals surface area contributed by atoms with Crippen molar-refractivity contribution < 1.29 is 19.1 Å². The lowest BCUT2D eigenvalue weighted by atomic mass is 10.3. The summed E-state index contributed by atoms with van der Waals surface area (Å²) in [4.78, 5) is 32.3. The predicted molar refractivity (Wildman–Crippen MR) is 78.3 cm³/mol. The molecule has 0 bridgehead atoms. The van der Waals surface area contributed by atoms with Gasteiger partial charge in [0.2, 0.25) is 0 Å². The maximum absolute atomic E-state index is 13.2.